The van der Waals surface area contributed by atoms with E-state index in [1.807, 2.05) is 13.8 Å². The molecule has 4 nitrogen and oxygen atoms in total. The van der Waals surface area contributed by atoms with E-state index in [1.165, 1.54) is 10.7 Å². The van der Waals surface area contributed by atoms with Gasteiger partial charge in [0.25, 0.3) is 0 Å². The van der Waals surface area contributed by atoms with Crippen LogP contribution in [0.15, 0.2) is 22.8 Å². The molecule has 0 aliphatic carbocycles. The van der Waals surface area contributed by atoms with Crippen LogP contribution in [0.5, 0.6) is 0 Å². The van der Waals surface area contributed by atoms with Crippen LogP contribution in [-0.2, 0) is 0 Å². The van der Waals surface area contributed by atoms with Gasteiger partial charge < -0.3 is 5.73 Å². The Kier molecular flexibility index (Phi) is 3.26. The minimum absolute atomic E-state index is 0.190. The number of nitrogens with zero attached hydrogens (tertiary/aromatic N) is 3. The summed E-state index contributed by atoms with van der Waals surface area (Å²) in [5, 5.41) is 7.88. The fraction of sp³-hybridized carbons (Fsp3) is 0.273. The second kappa shape index (κ2) is 4.54. The van der Waals surface area contributed by atoms with Crippen molar-refractivity contribution in [2.75, 3.05) is 0 Å². The summed E-state index contributed by atoms with van der Waals surface area (Å²) in [6.45, 7) is 3.70. The number of aryl methyl sites for hydroxylation is 1. The molecule has 0 aliphatic rings. The molecule has 1 unspecified atom stereocenters. The van der Waals surface area contributed by atoms with E-state index in [0.717, 1.165) is 5.56 Å². The van der Waals surface area contributed by atoms with Gasteiger partial charge in [0, 0.05) is 12.1 Å². The second-order valence-electron chi connectivity index (χ2n) is 3.93. The Morgan fingerprint density at radius 1 is 1.47 bits per heavy atom. The third kappa shape index (κ3) is 2.37. The fourth-order valence-electron chi connectivity index (χ4n) is 1.49. The summed E-state index contributed by atoms with van der Waals surface area (Å²) < 4.78 is 15.4. The highest BCUT2D eigenvalue weighted by atomic mass is 79.9. The topological polar surface area (TPSA) is 56.7 Å². The summed E-state index contributed by atoms with van der Waals surface area (Å²) in [5.41, 5.74) is 7.93. The van der Waals surface area contributed by atoms with E-state index in [4.69, 9.17) is 5.73 Å². The van der Waals surface area contributed by atoms with Gasteiger partial charge in [-0.25, -0.2) is 9.07 Å². The first-order valence-electron chi connectivity index (χ1n) is 5.13. The molecular formula is C11H12BrFN4. The monoisotopic (exact) mass is 298 g/mol. The molecule has 1 aromatic carbocycles. The van der Waals surface area contributed by atoms with E-state index in [2.05, 4.69) is 26.2 Å². The van der Waals surface area contributed by atoms with Crippen molar-refractivity contribution in [3.05, 3.63) is 39.9 Å². The molecule has 2 N–H and O–H groups in total. The van der Waals surface area contributed by atoms with Crippen LogP contribution in [0, 0.1) is 12.7 Å². The van der Waals surface area contributed by atoms with Crippen molar-refractivity contribution < 1.29 is 4.39 Å². The van der Waals surface area contributed by atoms with Gasteiger partial charge in [-0.05, 0) is 41.4 Å². The predicted molar refractivity (Wildman–Crippen MR) is 66.4 cm³/mol. The van der Waals surface area contributed by atoms with Crippen molar-refractivity contribution in [1.29, 1.82) is 0 Å². The molecule has 6 heteroatoms. The van der Waals surface area contributed by atoms with Crippen LogP contribution in [-0.4, -0.2) is 15.0 Å². The first-order chi connectivity index (χ1) is 7.99. The zero-order valence-electron chi connectivity index (χ0n) is 9.48. The molecule has 1 heterocycles. The Morgan fingerprint density at radius 2 is 2.18 bits per heavy atom. The minimum atomic E-state index is -0.330. The number of benzene rings is 1. The van der Waals surface area contributed by atoms with E-state index in [-0.39, 0.29) is 11.9 Å². The summed E-state index contributed by atoms with van der Waals surface area (Å²) in [7, 11) is 0. The standard InChI is InChI=1S/C11H12BrFN4/c1-6-3-8(12)9(13)4-11(6)17-5-10(7(2)14)15-16-17/h3-5,7H,14H2,1-2H3. The number of hydrogen-bond donors (Lipinski definition) is 1. The van der Waals surface area contributed by atoms with Gasteiger partial charge in [-0.3, -0.25) is 0 Å². The number of aromatic nitrogens is 3. The van der Waals surface area contributed by atoms with Gasteiger partial charge in [-0.15, -0.1) is 5.10 Å². The first-order valence-corrected chi connectivity index (χ1v) is 5.92. The molecule has 0 fully saturated rings. The van der Waals surface area contributed by atoms with Gasteiger partial charge in [0.2, 0.25) is 0 Å². The summed E-state index contributed by atoms with van der Waals surface area (Å²) >= 11 is 3.14. The first kappa shape index (κ1) is 12.2. The van der Waals surface area contributed by atoms with Crippen LogP contribution in [0.4, 0.5) is 4.39 Å². The average molecular weight is 299 g/mol. The summed E-state index contributed by atoms with van der Waals surface area (Å²) in [5.74, 6) is -0.330. The molecule has 0 saturated carbocycles. The lowest BCUT2D eigenvalue weighted by molar-refractivity contribution is 0.617. The summed E-state index contributed by atoms with van der Waals surface area (Å²) in [6, 6.07) is 2.93. The van der Waals surface area contributed by atoms with Crippen LogP contribution in [0.3, 0.4) is 0 Å². The second-order valence-corrected chi connectivity index (χ2v) is 4.78. The minimum Gasteiger partial charge on any atom is -0.323 e. The molecule has 0 amide bonds. The highest BCUT2D eigenvalue weighted by Gasteiger charge is 2.11. The average Bonchev–Trinajstić information content (AvgIpc) is 2.72. The quantitative estimate of drug-likeness (QED) is 0.927. The number of rotatable bonds is 2. The van der Waals surface area contributed by atoms with Crippen LogP contribution < -0.4 is 5.73 Å². The lowest BCUT2D eigenvalue weighted by atomic mass is 10.2. The van der Waals surface area contributed by atoms with Crippen molar-refractivity contribution in [1.82, 2.24) is 15.0 Å². The number of nitrogens with two attached hydrogens (primary N) is 1. The molecule has 1 atom stereocenters. The highest BCUT2D eigenvalue weighted by molar-refractivity contribution is 9.10. The zero-order chi connectivity index (χ0) is 12.6. The van der Waals surface area contributed by atoms with Gasteiger partial charge in [0.1, 0.15) is 5.82 Å². The molecule has 0 bridgehead atoms. The summed E-state index contributed by atoms with van der Waals surface area (Å²) in [6.07, 6.45) is 1.71. The molecule has 1 aromatic heterocycles. The third-order valence-electron chi connectivity index (χ3n) is 2.46. The van der Waals surface area contributed by atoms with E-state index < -0.39 is 0 Å². The lowest BCUT2D eigenvalue weighted by Gasteiger charge is -2.06. The van der Waals surface area contributed by atoms with Gasteiger partial charge >= 0.3 is 0 Å². The molecule has 0 saturated heterocycles. The van der Waals surface area contributed by atoms with Crippen LogP contribution in [0.1, 0.15) is 24.2 Å². The molecule has 0 spiro atoms. The van der Waals surface area contributed by atoms with Gasteiger partial charge in [-0.2, -0.15) is 0 Å². The maximum atomic E-state index is 13.5. The van der Waals surface area contributed by atoms with E-state index in [0.29, 0.717) is 15.9 Å². The maximum absolute atomic E-state index is 13.5. The van der Waals surface area contributed by atoms with Gasteiger partial charge in [-0.1, -0.05) is 5.21 Å². The Morgan fingerprint density at radius 3 is 2.76 bits per heavy atom. The third-order valence-corrected chi connectivity index (χ3v) is 3.07. The van der Waals surface area contributed by atoms with E-state index in [1.54, 1.807) is 12.3 Å². The van der Waals surface area contributed by atoms with Crippen molar-refractivity contribution in [2.45, 2.75) is 19.9 Å². The van der Waals surface area contributed by atoms with Crippen LogP contribution >= 0.6 is 15.9 Å². The van der Waals surface area contributed by atoms with Gasteiger partial charge in [0.05, 0.1) is 22.1 Å². The zero-order valence-corrected chi connectivity index (χ0v) is 11.1. The predicted octanol–water partition coefficient (Wildman–Crippen LogP) is 2.50. The Hall–Kier alpha value is -1.27. The van der Waals surface area contributed by atoms with Crippen molar-refractivity contribution in [2.24, 2.45) is 5.73 Å². The molecule has 2 aromatic rings. The van der Waals surface area contributed by atoms with Gasteiger partial charge in [0.15, 0.2) is 0 Å². The lowest BCUT2D eigenvalue weighted by Crippen LogP contribution is -2.05. The molecule has 17 heavy (non-hydrogen) atoms. The van der Waals surface area contributed by atoms with Crippen molar-refractivity contribution in [3.8, 4) is 5.69 Å². The Balaban J connectivity index is 2.49. The van der Waals surface area contributed by atoms with Crippen molar-refractivity contribution >= 4 is 15.9 Å². The number of halogens is 2. The number of hydrogen-bond acceptors (Lipinski definition) is 3. The normalized spacial score (nSPS) is 12.8. The Labute approximate surface area is 107 Å². The fourth-order valence-corrected chi connectivity index (χ4v) is 1.94. The summed E-state index contributed by atoms with van der Waals surface area (Å²) in [4.78, 5) is 0. The van der Waals surface area contributed by atoms with Crippen LogP contribution in [0.25, 0.3) is 5.69 Å². The molecule has 0 aliphatic heterocycles. The Bertz CT molecular complexity index is 550. The smallest absolute Gasteiger partial charge is 0.139 e. The molecule has 0 radical (unpaired) electrons. The van der Waals surface area contributed by atoms with E-state index in [9.17, 15) is 4.39 Å². The largest absolute Gasteiger partial charge is 0.323 e. The van der Waals surface area contributed by atoms with Crippen molar-refractivity contribution in [3.63, 3.8) is 0 Å². The van der Waals surface area contributed by atoms with Crippen LogP contribution in [0.2, 0.25) is 0 Å². The SMILES string of the molecule is Cc1cc(Br)c(F)cc1-n1cc(C(C)N)nn1. The maximum Gasteiger partial charge on any atom is 0.139 e. The molecule has 2 rings (SSSR count). The highest BCUT2D eigenvalue weighted by Crippen LogP contribution is 2.23. The van der Waals surface area contributed by atoms with E-state index >= 15 is 0 Å². The molecule has 90 valence electrons. The molecular weight excluding hydrogens is 287 g/mol.